The van der Waals surface area contributed by atoms with E-state index in [-0.39, 0.29) is 16.7 Å². The summed E-state index contributed by atoms with van der Waals surface area (Å²) in [4.78, 5) is 14.3. The molecular formula is C37H44N3O+. The molecule has 0 aromatic heterocycles. The number of hydrogen-bond donors (Lipinski definition) is 1. The van der Waals surface area contributed by atoms with Crippen LogP contribution in [0.5, 0.6) is 0 Å². The molecule has 0 aliphatic carbocycles. The summed E-state index contributed by atoms with van der Waals surface area (Å²) in [5.74, 6) is 2.48. The highest BCUT2D eigenvalue weighted by Crippen LogP contribution is 2.47. The van der Waals surface area contributed by atoms with Gasteiger partial charge in [0.25, 0.3) is 0 Å². The molecule has 1 amide bonds. The average Bonchev–Trinajstić information content (AvgIpc) is 3.29. The molecule has 0 atom stereocenters. The standard InChI is InChI=1S/C37H43N3O/c1-7-27-38-35(41)26-14-11-19-28-40-32-23-18-16-21-30(32)37(4,5)34(40)25-13-10-8-9-12-24-33-36(2,3)29-20-15-17-22-31(29)39(33)6/h1,8-10,12-13,15-18,20-25H,11,14,19,26-28H2,2-6H3/p+1. The van der Waals surface area contributed by atoms with Gasteiger partial charge in [-0.1, -0.05) is 93.0 Å². The van der Waals surface area contributed by atoms with Crippen LogP contribution in [0.25, 0.3) is 0 Å². The number of nitrogens with one attached hydrogen (secondary N) is 1. The monoisotopic (exact) mass is 546 g/mol. The normalized spacial score (nSPS) is 18.0. The minimum absolute atomic E-state index is 0.0170. The summed E-state index contributed by atoms with van der Waals surface area (Å²) in [6.07, 6.45) is 23.7. The van der Waals surface area contributed by atoms with Crippen LogP contribution in [-0.2, 0) is 15.6 Å². The number of carbonyl (C=O) groups excluding carboxylic acids is 1. The second kappa shape index (κ2) is 13.0. The van der Waals surface area contributed by atoms with Crippen molar-refractivity contribution in [1.29, 1.82) is 0 Å². The van der Waals surface area contributed by atoms with Crippen LogP contribution >= 0.6 is 0 Å². The van der Waals surface area contributed by atoms with Gasteiger partial charge in [-0.15, -0.1) is 6.42 Å². The van der Waals surface area contributed by atoms with Gasteiger partial charge in [0.15, 0.2) is 5.71 Å². The molecule has 0 unspecified atom stereocenters. The van der Waals surface area contributed by atoms with Gasteiger partial charge in [0.1, 0.15) is 7.05 Å². The molecule has 4 heteroatoms. The van der Waals surface area contributed by atoms with E-state index in [0.29, 0.717) is 13.0 Å². The van der Waals surface area contributed by atoms with Crippen molar-refractivity contribution in [2.75, 3.05) is 25.0 Å². The fourth-order valence-corrected chi connectivity index (χ4v) is 6.14. The Kier molecular flexibility index (Phi) is 9.50. The Morgan fingerprint density at radius 1 is 0.902 bits per heavy atom. The summed E-state index contributed by atoms with van der Waals surface area (Å²) in [5.41, 5.74) is 7.78. The molecule has 0 saturated carbocycles. The highest BCUT2D eigenvalue weighted by Gasteiger charge is 2.42. The number of hydrogen-bond acceptors (Lipinski definition) is 2. The highest BCUT2D eigenvalue weighted by molar-refractivity contribution is 6.03. The van der Waals surface area contributed by atoms with Crippen LogP contribution in [-0.4, -0.2) is 36.3 Å². The zero-order valence-electron chi connectivity index (χ0n) is 25.3. The van der Waals surface area contributed by atoms with Crippen LogP contribution < -0.4 is 10.2 Å². The van der Waals surface area contributed by atoms with Crippen molar-refractivity contribution in [1.82, 2.24) is 5.32 Å². The average molecular weight is 547 g/mol. The van der Waals surface area contributed by atoms with E-state index in [0.717, 1.165) is 25.8 Å². The van der Waals surface area contributed by atoms with Crippen molar-refractivity contribution in [3.63, 3.8) is 0 Å². The SMILES string of the molecule is C#CCNC(=O)CCCCCN1\C(=C/C=C/C=C/C=C/C2=[N+](C)c3ccccc3C2(C)C)C(C)(C)c2ccccc21. The van der Waals surface area contributed by atoms with Gasteiger partial charge in [0.05, 0.1) is 12.0 Å². The molecule has 0 bridgehead atoms. The first-order valence-corrected chi connectivity index (χ1v) is 14.7. The molecule has 0 fully saturated rings. The lowest BCUT2D eigenvalue weighted by molar-refractivity contribution is -0.401. The van der Waals surface area contributed by atoms with E-state index < -0.39 is 0 Å². The molecule has 212 valence electrons. The number of amides is 1. The van der Waals surface area contributed by atoms with Gasteiger partial charge in [0, 0.05) is 47.5 Å². The number of anilines is 1. The first kappa shape index (κ1) is 29.9. The van der Waals surface area contributed by atoms with E-state index in [1.165, 1.54) is 33.9 Å². The third-order valence-corrected chi connectivity index (χ3v) is 8.37. The van der Waals surface area contributed by atoms with Gasteiger partial charge < -0.3 is 10.2 Å². The number of rotatable bonds is 11. The fraction of sp³-hybridized carbons (Fsp3) is 0.351. The Morgan fingerprint density at radius 3 is 2.34 bits per heavy atom. The first-order chi connectivity index (χ1) is 19.7. The number of para-hydroxylation sites is 2. The largest absolute Gasteiger partial charge is 0.345 e. The van der Waals surface area contributed by atoms with Crippen molar-refractivity contribution in [3.05, 3.63) is 108 Å². The third-order valence-electron chi connectivity index (χ3n) is 8.37. The lowest BCUT2D eigenvalue weighted by atomic mass is 9.81. The number of nitrogens with zero attached hydrogens (tertiary/aromatic N) is 2. The van der Waals surface area contributed by atoms with Crippen molar-refractivity contribution >= 4 is 23.0 Å². The van der Waals surface area contributed by atoms with Crippen LogP contribution in [0.2, 0.25) is 0 Å². The molecule has 2 aliphatic rings. The zero-order valence-corrected chi connectivity index (χ0v) is 25.3. The molecule has 2 aromatic rings. The van der Waals surface area contributed by atoms with E-state index in [1.807, 2.05) is 0 Å². The number of carbonyl (C=O) groups is 1. The molecule has 0 saturated heterocycles. The minimum atomic E-state index is -0.0794. The lowest BCUT2D eigenvalue weighted by Gasteiger charge is -2.27. The Morgan fingerprint density at radius 2 is 1.59 bits per heavy atom. The molecule has 4 rings (SSSR count). The maximum absolute atomic E-state index is 11.8. The summed E-state index contributed by atoms with van der Waals surface area (Å²) in [6, 6.07) is 17.3. The summed E-state index contributed by atoms with van der Waals surface area (Å²) < 4.78 is 2.29. The van der Waals surface area contributed by atoms with Crippen LogP contribution in [0.3, 0.4) is 0 Å². The first-order valence-electron chi connectivity index (χ1n) is 14.7. The smallest absolute Gasteiger partial charge is 0.220 e. The molecule has 0 radical (unpaired) electrons. The third kappa shape index (κ3) is 6.46. The molecule has 2 aliphatic heterocycles. The molecule has 41 heavy (non-hydrogen) atoms. The number of unbranched alkanes of at least 4 members (excludes halogenated alkanes) is 2. The van der Waals surface area contributed by atoms with E-state index in [4.69, 9.17) is 6.42 Å². The second-order valence-electron chi connectivity index (χ2n) is 11.9. The second-order valence-corrected chi connectivity index (χ2v) is 11.9. The maximum Gasteiger partial charge on any atom is 0.220 e. The summed E-state index contributed by atoms with van der Waals surface area (Å²) in [6.45, 7) is 10.4. The summed E-state index contributed by atoms with van der Waals surface area (Å²) in [7, 11) is 2.15. The number of benzene rings is 2. The van der Waals surface area contributed by atoms with Gasteiger partial charge in [0.2, 0.25) is 11.6 Å². The summed E-state index contributed by atoms with van der Waals surface area (Å²) >= 11 is 0. The highest BCUT2D eigenvalue weighted by atomic mass is 16.1. The van der Waals surface area contributed by atoms with Crippen LogP contribution in [0.15, 0.2) is 96.8 Å². The lowest BCUT2D eigenvalue weighted by Crippen LogP contribution is -2.27. The number of fused-ring (bicyclic) bond motifs is 2. The predicted octanol–water partition coefficient (Wildman–Crippen LogP) is 7.35. The predicted molar refractivity (Wildman–Crippen MR) is 173 cm³/mol. The van der Waals surface area contributed by atoms with E-state index in [1.54, 1.807) is 0 Å². The van der Waals surface area contributed by atoms with Gasteiger partial charge >= 0.3 is 0 Å². The van der Waals surface area contributed by atoms with Gasteiger partial charge in [-0.3, -0.25) is 4.79 Å². The molecule has 1 N–H and O–H groups in total. The maximum atomic E-state index is 11.8. The Bertz CT molecular complexity index is 1460. The van der Waals surface area contributed by atoms with Gasteiger partial charge in [-0.05, 0) is 44.4 Å². The fourth-order valence-electron chi connectivity index (χ4n) is 6.14. The molecule has 2 heterocycles. The van der Waals surface area contributed by atoms with Gasteiger partial charge in [-0.2, -0.15) is 4.58 Å². The number of allylic oxidation sites excluding steroid dienone is 8. The Labute approximate surface area is 246 Å². The van der Waals surface area contributed by atoms with Crippen molar-refractivity contribution < 1.29 is 9.37 Å². The van der Waals surface area contributed by atoms with Crippen molar-refractivity contribution in [2.24, 2.45) is 0 Å². The van der Waals surface area contributed by atoms with Crippen molar-refractivity contribution in [3.8, 4) is 12.3 Å². The van der Waals surface area contributed by atoms with E-state index in [2.05, 4.69) is 147 Å². The van der Waals surface area contributed by atoms with E-state index in [9.17, 15) is 4.79 Å². The van der Waals surface area contributed by atoms with Crippen LogP contribution in [0.4, 0.5) is 11.4 Å². The molecule has 0 spiro atoms. The molecule has 2 aromatic carbocycles. The number of terminal acetylenes is 1. The van der Waals surface area contributed by atoms with E-state index >= 15 is 0 Å². The van der Waals surface area contributed by atoms with Crippen LogP contribution in [0.1, 0.15) is 64.5 Å². The topological polar surface area (TPSA) is 35.4 Å². The molecule has 4 nitrogen and oxygen atoms in total. The van der Waals surface area contributed by atoms with Crippen molar-refractivity contribution in [2.45, 2.75) is 64.2 Å². The minimum Gasteiger partial charge on any atom is -0.345 e. The Hall–Kier alpha value is -4.10. The zero-order chi connectivity index (χ0) is 29.5. The summed E-state index contributed by atoms with van der Waals surface area (Å²) in [5, 5.41) is 2.74. The molecular weight excluding hydrogens is 502 g/mol. The Balaban J connectivity index is 1.40. The van der Waals surface area contributed by atoms with Gasteiger partial charge in [-0.25, -0.2) is 0 Å². The quantitative estimate of drug-likeness (QED) is 0.138. The van der Waals surface area contributed by atoms with Crippen LogP contribution in [0, 0.1) is 12.3 Å².